The second-order valence-electron chi connectivity index (χ2n) is 8.93. The standard InChI is InChI=1S/C23H25ClN10O/c1-14(35)13-32-4-6-33(7-5-32)19-9-15(10-25)8-18(20(19)24)29-22-30-21-16(11-26)12-27-34(21)23(31-22)28-17-2-3-17/h8-9,12,14,17,35H,2-7,13H2,1H3,(H2,28,29,30,31)/t14-/m0/s1. The lowest BCUT2D eigenvalue weighted by Crippen LogP contribution is -2.48. The second kappa shape index (κ2) is 9.55. The maximum atomic E-state index is 9.67. The molecule has 1 saturated heterocycles. The van der Waals surface area contributed by atoms with Crippen LogP contribution in [0.15, 0.2) is 18.3 Å². The van der Waals surface area contributed by atoms with Gasteiger partial charge in [0, 0.05) is 38.8 Å². The summed E-state index contributed by atoms with van der Waals surface area (Å²) in [7, 11) is 0. The highest BCUT2D eigenvalue weighted by atomic mass is 35.5. The summed E-state index contributed by atoms with van der Waals surface area (Å²) in [6.07, 6.45) is 3.18. The van der Waals surface area contributed by atoms with Crippen LogP contribution in [-0.2, 0) is 0 Å². The number of nitriles is 2. The van der Waals surface area contributed by atoms with E-state index in [1.165, 1.54) is 10.7 Å². The third-order valence-corrected chi connectivity index (χ3v) is 6.46. The molecule has 3 heterocycles. The van der Waals surface area contributed by atoms with E-state index in [0.29, 0.717) is 46.0 Å². The normalized spacial score (nSPS) is 17.1. The van der Waals surface area contributed by atoms with Gasteiger partial charge in [0.15, 0.2) is 5.65 Å². The van der Waals surface area contributed by atoms with Crippen LogP contribution in [0.1, 0.15) is 30.9 Å². The molecule has 35 heavy (non-hydrogen) atoms. The summed E-state index contributed by atoms with van der Waals surface area (Å²) in [6.45, 7) is 5.43. The molecule has 0 amide bonds. The van der Waals surface area contributed by atoms with Crippen LogP contribution in [0, 0.1) is 22.7 Å². The van der Waals surface area contributed by atoms with E-state index >= 15 is 0 Å². The van der Waals surface area contributed by atoms with Crippen LogP contribution in [-0.4, -0.2) is 74.5 Å². The lowest BCUT2D eigenvalue weighted by molar-refractivity contribution is 0.123. The first kappa shape index (κ1) is 23.1. The number of aliphatic hydroxyl groups excluding tert-OH is 1. The van der Waals surface area contributed by atoms with Gasteiger partial charge in [0.1, 0.15) is 11.6 Å². The first-order valence-electron chi connectivity index (χ1n) is 11.5. The van der Waals surface area contributed by atoms with E-state index in [4.69, 9.17) is 11.6 Å². The van der Waals surface area contributed by atoms with Gasteiger partial charge in [-0.1, -0.05) is 11.6 Å². The number of halogens is 1. The zero-order valence-corrected chi connectivity index (χ0v) is 20.0. The number of nitrogens with zero attached hydrogens (tertiary/aromatic N) is 8. The van der Waals surface area contributed by atoms with Crippen molar-refractivity contribution in [2.24, 2.45) is 0 Å². The maximum absolute atomic E-state index is 9.67. The van der Waals surface area contributed by atoms with E-state index in [1.54, 1.807) is 19.1 Å². The third-order valence-electron chi connectivity index (χ3n) is 6.06. The second-order valence-corrected chi connectivity index (χ2v) is 9.30. The summed E-state index contributed by atoms with van der Waals surface area (Å²) in [5, 5.41) is 40.0. The Hall–Kier alpha value is -3.64. The largest absolute Gasteiger partial charge is 0.392 e. The predicted octanol–water partition coefficient (Wildman–Crippen LogP) is 2.34. The lowest BCUT2D eigenvalue weighted by Gasteiger charge is -2.37. The van der Waals surface area contributed by atoms with Gasteiger partial charge >= 0.3 is 0 Å². The molecule has 2 fully saturated rings. The van der Waals surface area contributed by atoms with Gasteiger partial charge in [0.05, 0.1) is 40.3 Å². The molecular weight excluding hydrogens is 468 g/mol. The fourth-order valence-electron chi connectivity index (χ4n) is 4.18. The molecule has 2 aliphatic rings. The molecule has 1 aliphatic heterocycles. The number of fused-ring (bicyclic) bond motifs is 1. The Morgan fingerprint density at radius 3 is 2.60 bits per heavy atom. The van der Waals surface area contributed by atoms with E-state index < -0.39 is 0 Å². The first-order valence-corrected chi connectivity index (χ1v) is 11.9. The molecule has 1 atom stereocenters. The molecule has 5 rings (SSSR count). The number of hydrogen-bond acceptors (Lipinski definition) is 10. The molecular formula is C23H25ClN10O. The lowest BCUT2D eigenvalue weighted by atomic mass is 10.1. The Balaban J connectivity index is 1.46. The van der Waals surface area contributed by atoms with Gasteiger partial charge < -0.3 is 20.6 Å². The van der Waals surface area contributed by atoms with Crippen LogP contribution < -0.4 is 15.5 Å². The van der Waals surface area contributed by atoms with Gasteiger partial charge in [-0.25, -0.2) is 0 Å². The number of nitrogens with one attached hydrogen (secondary N) is 2. The number of anilines is 4. The quantitative estimate of drug-likeness (QED) is 0.449. The van der Waals surface area contributed by atoms with Crippen molar-refractivity contribution in [3.63, 3.8) is 0 Å². The molecule has 11 nitrogen and oxygen atoms in total. The number of benzene rings is 1. The minimum Gasteiger partial charge on any atom is -0.392 e. The average Bonchev–Trinajstić information content (AvgIpc) is 3.56. The summed E-state index contributed by atoms with van der Waals surface area (Å²) in [6, 6.07) is 8.08. The van der Waals surface area contributed by atoms with Crippen molar-refractivity contribution >= 4 is 40.5 Å². The smallest absolute Gasteiger partial charge is 0.232 e. The Kier molecular flexibility index (Phi) is 6.31. The SMILES string of the molecule is C[C@H](O)CN1CCN(c2cc(C#N)cc(Nc3nc(NC4CC4)n4ncc(C#N)c4n3)c2Cl)CC1. The summed E-state index contributed by atoms with van der Waals surface area (Å²) in [5.74, 6) is 0.742. The Labute approximate surface area is 207 Å². The van der Waals surface area contributed by atoms with Crippen LogP contribution in [0.25, 0.3) is 5.65 Å². The van der Waals surface area contributed by atoms with E-state index in [2.05, 4.69) is 47.6 Å². The summed E-state index contributed by atoms with van der Waals surface area (Å²) < 4.78 is 1.52. The van der Waals surface area contributed by atoms with E-state index in [0.717, 1.165) is 44.7 Å². The molecule has 1 aromatic carbocycles. The van der Waals surface area contributed by atoms with Crippen molar-refractivity contribution in [2.45, 2.75) is 31.9 Å². The molecule has 0 unspecified atom stereocenters. The predicted molar refractivity (Wildman–Crippen MR) is 132 cm³/mol. The Morgan fingerprint density at radius 1 is 1.17 bits per heavy atom. The third kappa shape index (κ3) is 4.93. The number of hydrogen-bond donors (Lipinski definition) is 3. The fourth-order valence-corrected chi connectivity index (χ4v) is 4.45. The molecule has 0 bridgehead atoms. The van der Waals surface area contributed by atoms with Gasteiger partial charge in [-0.2, -0.15) is 30.1 Å². The monoisotopic (exact) mass is 492 g/mol. The fraction of sp³-hybridized carbons (Fsp3) is 0.435. The maximum Gasteiger partial charge on any atom is 0.232 e. The minimum atomic E-state index is -0.378. The Bertz CT molecular complexity index is 1330. The molecule has 1 aliphatic carbocycles. The molecule has 0 spiro atoms. The van der Waals surface area contributed by atoms with Crippen molar-refractivity contribution < 1.29 is 5.11 Å². The van der Waals surface area contributed by atoms with Crippen molar-refractivity contribution in [1.82, 2.24) is 24.5 Å². The summed E-state index contributed by atoms with van der Waals surface area (Å²) >= 11 is 6.82. The highest BCUT2D eigenvalue weighted by Gasteiger charge is 2.25. The van der Waals surface area contributed by atoms with Gasteiger partial charge in [0.25, 0.3) is 0 Å². The molecule has 1 saturated carbocycles. The van der Waals surface area contributed by atoms with Crippen LogP contribution in [0.3, 0.4) is 0 Å². The molecule has 180 valence electrons. The topological polar surface area (TPSA) is 141 Å². The van der Waals surface area contributed by atoms with Crippen molar-refractivity contribution in [1.29, 1.82) is 10.5 Å². The zero-order chi connectivity index (χ0) is 24.5. The zero-order valence-electron chi connectivity index (χ0n) is 19.2. The van der Waals surface area contributed by atoms with E-state index in [9.17, 15) is 15.6 Å². The number of aliphatic hydroxyl groups is 1. The van der Waals surface area contributed by atoms with Gasteiger partial charge in [0.2, 0.25) is 11.9 Å². The minimum absolute atomic E-state index is 0.252. The van der Waals surface area contributed by atoms with Gasteiger partial charge in [-0.15, -0.1) is 0 Å². The van der Waals surface area contributed by atoms with Crippen molar-refractivity contribution in [2.75, 3.05) is 48.3 Å². The van der Waals surface area contributed by atoms with E-state index in [1.807, 2.05) is 0 Å². The summed E-state index contributed by atoms with van der Waals surface area (Å²) in [5.41, 5.74) is 2.44. The van der Waals surface area contributed by atoms with Crippen LogP contribution in [0.5, 0.6) is 0 Å². The van der Waals surface area contributed by atoms with Crippen molar-refractivity contribution in [3.8, 4) is 12.1 Å². The molecule has 3 N–H and O–H groups in total. The molecule has 0 radical (unpaired) electrons. The van der Waals surface area contributed by atoms with Crippen molar-refractivity contribution in [3.05, 3.63) is 34.5 Å². The first-order chi connectivity index (χ1) is 16.9. The molecule has 3 aromatic rings. The number of piperazine rings is 1. The van der Waals surface area contributed by atoms with Crippen LogP contribution in [0.4, 0.5) is 23.3 Å². The van der Waals surface area contributed by atoms with Gasteiger partial charge in [-0.05, 0) is 31.9 Å². The van der Waals surface area contributed by atoms with Gasteiger partial charge in [-0.3, -0.25) is 4.90 Å². The van der Waals surface area contributed by atoms with Crippen LogP contribution >= 0.6 is 11.6 Å². The van der Waals surface area contributed by atoms with Crippen LogP contribution in [0.2, 0.25) is 5.02 Å². The molecule has 12 heteroatoms. The summed E-state index contributed by atoms with van der Waals surface area (Å²) in [4.78, 5) is 13.4. The number of rotatable bonds is 7. The Morgan fingerprint density at radius 2 is 1.94 bits per heavy atom. The number of aromatic nitrogens is 4. The number of β-amino-alcohol motifs (C(OH)–C–C–N with tert-alkyl or cyclic N) is 1. The highest BCUT2D eigenvalue weighted by molar-refractivity contribution is 6.36. The van der Waals surface area contributed by atoms with E-state index in [-0.39, 0.29) is 12.1 Å². The average molecular weight is 493 g/mol. The highest BCUT2D eigenvalue weighted by Crippen LogP contribution is 2.36. The molecule has 2 aromatic heterocycles.